The predicted octanol–water partition coefficient (Wildman–Crippen LogP) is 3.69. The number of rotatable bonds is 4. The van der Waals surface area contributed by atoms with Gasteiger partial charge >= 0.3 is 5.97 Å². The Morgan fingerprint density at radius 1 is 1.00 bits per heavy atom. The van der Waals surface area contributed by atoms with Gasteiger partial charge in [0.2, 0.25) is 0 Å². The van der Waals surface area contributed by atoms with Crippen LogP contribution in [0, 0.1) is 4.77 Å². The van der Waals surface area contributed by atoms with Gasteiger partial charge in [-0.2, -0.15) is 10.2 Å². The van der Waals surface area contributed by atoms with Gasteiger partial charge in [0.15, 0.2) is 10.6 Å². The van der Waals surface area contributed by atoms with E-state index in [1.54, 1.807) is 16.7 Å². The van der Waals surface area contributed by atoms with Crippen molar-refractivity contribution in [1.29, 1.82) is 0 Å². The molecule has 4 rings (SSSR count). The van der Waals surface area contributed by atoms with Crippen molar-refractivity contribution >= 4 is 18.2 Å². The summed E-state index contributed by atoms with van der Waals surface area (Å²) < 4.78 is 2.13. The Hall–Kier alpha value is -3.52. The number of H-pyrrole nitrogens is 2. The van der Waals surface area contributed by atoms with E-state index in [1.807, 2.05) is 36.4 Å². The molecule has 2 aromatic heterocycles. The number of nitrogens with zero attached hydrogens (tertiary/aromatic N) is 3. The Morgan fingerprint density at radius 2 is 1.73 bits per heavy atom. The SMILES string of the molecule is O=C(O)c1ccc(-n2c(-c3cc(-c4ccccc4)n[nH]3)n[nH]c2=S)cc1. The number of carbonyl (C=O) groups is 1. The average molecular weight is 363 g/mol. The molecule has 0 spiro atoms. The van der Waals surface area contributed by atoms with Crippen LogP contribution in [0.4, 0.5) is 0 Å². The lowest BCUT2D eigenvalue weighted by molar-refractivity contribution is 0.0697. The lowest BCUT2D eigenvalue weighted by Gasteiger charge is -2.05. The second kappa shape index (κ2) is 6.41. The number of carboxylic acids is 1. The Bertz CT molecular complexity index is 1130. The van der Waals surface area contributed by atoms with Crippen molar-refractivity contribution in [3.8, 4) is 28.5 Å². The summed E-state index contributed by atoms with van der Waals surface area (Å²) in [4.78, 5) is 11.0. The van der Waals surface area contributed by atoms with Gasteiger partial charge in [0, 0.05) is 5.56 Å². The van der Waals surface area contributed by atoms with Gasteiger partial charge in [-0.25, -0.2) is 4.79 Å². The maximum atomic E-state index is 11.0. The molecule has 0 aliphatic heterocycles. The maximum Gasteiger partial charge on any atom is 0.335 e. The minimum Gasteiger partial charge on any atom is -0.478 e. The van der Waals surface area contributed by atoms with Crippen LogP contribution in [-0.2, 0) is 0 Å². The molecule has 8 heteroatoms. The number of hydrogen-bond donors (Lipinski definition) is 3. The smallest absolute Gasteiger partial charge is 0.335 e. The van der Waals surface area contributed by atoms with E-state index < -0.39 is 5.97 Å². The second-order valence-electron chi connectivity index (χ2n) is 5.57. The molecule has 0 amide bonds. The molecule has 0 unspecified atom stereocenters. The molecule has 0 aliphatic carbocycles. The summed E-state index contributed by atoms with van der Waals surface area (Å²) in [5.74, 6) is -0.415. The van der Waals surface area contributed by atoms with Crippen LogP contribution in [0.3, 0.4) is 0 Å². The third-order valence-electron chi connectivity index (χ3n) is 3.93. The molecular weight excluding hydrogens is 350 g/mol. The fourth-order valence-electron chi connectivity index (χ4n) is 2.66. The van der Waals surface area contributed by atoms with Crippen molar-refractivity contribution in [3.63, 3.8) is 0 Å². The molecule has 0 aliphatic rings. The van der Waals surface area contributed by atoms with Crippen LogP contribution in [0.2, 0.25) is 0 Å². The van der Waals surface area contributed by atoms with E-state index >= 15 is 0 Å². The zero-order chi connectivity index (χ0) is 18.1. The van der Waals surface area contributed by atoms with Crippen LogP contribution in [0.25, 0.3) is 28.5 Å². The number of aromatic carboxylic acids is 1. The van der Waals surface area contributed by atoms with Crippen LogP contribution in [0.15, 0.2) is 60.7 Å². The predicted molar refractivity (Wildman–Crippen MR) is 98.7 cm³/mol. The van der Waals surface area contributed by atoms with Crippen LogP contribution in [0.5, 0.6) is 0 Å². The zero-order valence-corrected chi connectivity index (χ0v) is 14.2. The molecule has 128 valence electrons. The van der Waals surface area contributed by atoms with Gasteiger partial charge in [0.25, 0.3) is 0 Å². The number of nitrogens with one attached hydrogen (secondary N) is 2. The molecule has 0 fully saturated rings. The molecule has 0 bridgehead atoms. The van der Waals surface area contributed by atoms with Gasteiger partial charge in [-0.3, -0.25) is 14.8 Å². The first-order chi connectivity index (χ1) is 12.6. The molecule has 0 radical (unpaired) electrons. The molecular formula is C18H13N5O2S. The first-order valence-corrected chi connectivity index (χ1v) is 8.16. The highest BCUT2D eigenvalue weighted by Gasteiger charge is 2.14. The highest BCUT2D eigenvalue weighted by Crippen LogP contribution is 2.24. The van der Waals surface area contributed by atoms with E-state index in [4.69, 9.17) is 17.3 Å². The average Bonchev–Trinajstić information content (AvgIpc) is 3.29. The molecule has 2 aromatic carbocycles. The molecule has 0 saturated heterocycles. The number of hydrogen-bond acceptors (Lipinski definition) is 4. The number of benzene rings is 2. The maximum absolute atomic E-state index is 11.0. The van der Waals surface area contributed by atoms with Gasteiger partial charge in [0.1, 0.15) is 5.69 Å². The van der Waals surface area contributed by atoms with Gasteiger partial charge in [-0.1, -0.05) is 30.3 Å². The van der Waals surface area contributed by atoms with Crippen LogP contribution < -0.4 is 0 Å². The van der Waals surface area contributed by atoms with E-state index in [-0.39, 0.29) is 5.56 Å². The van der Waals surface area contributed by atoms with Gasteiger partial charge in [0.05, 0.1) is 16.9 Å². The van der Waals surface area contributed by atoms with Crippen LogP contribution in [-0.4, -0.2) is 36.0 Å². The summed E-state index contributed by atoms with van der Waals surface area (Å²) >= 11 is 5.33. The van der Waals surface area contributed by atoms with E-state index in [0.717, 1.165) is 11.3 Å². The van der Waals surface area contributed by atoms with Crippen molar-refractivity contribution in [2.24, 2.45) is 0 Å². The minimum absolute atomic E-state index is 0.207. The molecule has 2 heterocycles. The summed E-state index contributed by atoms with van der Waals surface area (Å²) in [6.07, 6.45) is 0. The normalized spacial score (nSPS) is 10.8. The number of aromatic nitrogens is 5. The second-order valence-corrected chi connectivity index (χ2v) is 5.96. The fraction of sp³-hybridized carbons (Fsp3) is 0. The van der Waals surface area contributed by atoms with Crippen LogP contribution >= 0.6 is 12.2 Å². The van der Waals surface area contributed by atoms with Gasteiger partial charge in [-0.05, 0) is 42.5 Å². The third kappa shape index (κ3) is 2.82. The lowest BCUT2D eigenvalue weighted by Crippen LogP contribution is -2.00. The summed E-state index contributed by atoms with van der Waals surface area (Å²) in [5.41, 5.74) is 3.39. The molecule has 3 N–H and O–H groups in total. The Balaban J connectivity index is 1.77. The van der Waals surface area contributed by atoms with Gasteiger partial charge in [-0.15, -0.1) is 0 Å². The Kier molecular flexibility index (Phi) is 3.94. The highest BCUT2D eigenvalue weighted by molar-refractivity contribution is 7.71. The summed E-state index contributed by atoms with van der Waals surface area (Å²) in [5, 5.41) is 23.4. The van der Waals surface area contributed by atoms with Crippen molar-refractivity contribution in [2.75, 3.05) is 0 Å². The molecule has 7 nitrogen and oxygen atoms in total. The lowest BCUT2D eigenvalue weighted by atomic mass is 10.1. The van der Waals surface area contributed by atoms with E-state index in [1.165, 1.54) is 12.1 Å². The first-order valence-electron chi connectivity index (χ1n) is 7.76. The molecule has 0 atom stereocenters. The fourth-order valence-corrected chi connectivity index (χ4v) is 2.90. The van der Waals surface area contributed by atoms with E-state index in [9.17, 15) is 4.79 Å². The minimum atomic E-state index is -0.978. The van der Waals surface area contributed by atoms with Crippen molar-refractivity contribution in [1.82, 2.24) is 25.0 Å². The molecule has 4 aromatic rings. The van der Waals surface area contributed by atoms with E-state index in [2.05, 4.69) is 20.4 Å². The number of aromatic amines is 2. The first kappa shape index (κ1) is 16.0. The highest BCUT2D eigenvalue weighted by atomic mass is 32.1. The zero-order valence-electron chi connectivity index (χ0n) is 13.4. The Morgan fingerprint density at radius 3 is 2.42 bits per heavy atom. The summed E-state index contributed by atoms with van der Waals surface area (Å²) in [7, 11) is 0. The topological polar surface area (TPSA) is 99.6 Å². The monoisotopic (exact) mass is 363 g/mol. The van der Waals surface area contributed by atoms with E-state index in [0.29, 0.717) is 22.0 Å². The summed E-state index contributed by atoms with van der Waals surface area (Å²) in [6.45, 7) is 0. The summed E-state index contributed by atoms with van der Waals surface area (Å²) in [6, 6.07) is 18.1. The standard InChI is InChI=1S/C18H13N5O2S/c24-17(25)12-6-8-13(9-7-12)23-16(21-22-18(23)26)15-10-14(19-20-15)11-4-2-1-3-5-11/h1-10H,(H,19,20)(H,22,26)(H,24,25). The van der Waals surface area contributed by atoms with Crippen molar-refractivity contribution in [3.05, 3.63) is 71.0 Å². The Labute approximate surface area is 153 Å². The largest absolute Gasteiger partial charge is 0.478 e. The van der Waals surface area contributed by atoms with Crippen molar-refractivity contribution < 1.29 is 9.90 Å². The molecule has 0 saturated carbocycles. The molecule has 26 heavy (non-hydrogen) atoms. The number of carboxylic acid groups (broad SMARTS) is 1. The van der Waals surface area contributed by atoms with Crippen LogP contribution in [0.1, 0.15) is 10.4 Å². The van der Waals surface area contributed by atoms with Crippen molar-refractivity contribution in [2.45, 2.75) is 0 Å². The quantitative estimate of drug-likeness (QED) is 0.480. The third-order valence-corrected chi connectivity index (χ3v) is 4.21. The van der Waals surface area contributed by atoms with Gasteiger partial charge < -0.3 is 5.11 Å².